The Balaban J connectivity index is 1.85. The summed E-state index contributed by atoms with van der Waals surface area (Å²) in [5, 5.41) is 5.97. The SMILES string of the molecule is CC(C)Nc1ccc2c(c1)C(=O)N(C1CC=CNC1=O)C2. The van der Waals surface area contributed by atoms with Crippen LogP contribution in [-0.2, 0) is 11.3 Å². The lowest BCUT2D eigenvalue weighted by Crippen LogP contribution is -2.47. The molecule has 21 heavy (non-hydrogen) atoms. The van der Waals surface area contributed by atoms with Crippen LogP contribution in [-0.4, -0.2) is 28.8 Å². The van der Waals surface area contributed by atoms with Gasteiger partial charge in [-0.1, -0.05) is 12.1 Å². The molecule has 2 amide bonds. The minimum Gasteiger partial charge on any atom is -0.383 e. The van der Waals surface area contributed by atoms with E-state index in [2.05, 4.69) is 24.5 Å². The monoisotopic (exact) mass is 285 g/mol. The molecule has 0 saturated carbocycles. The standard InChI is InChI=1S/C16H19N3O2/c1-10(2)18-12-6-5-11-9-19(16(21)13(11)8-12)14-4-3-7-17-15(14)20/h3,5-8,10,14,18H,4,9H2,1-2H3,(H,17,20). The zero-order valence-electron chi connectivity index (χ0n) is 12.2. The lowest BCUT2D eigenvalue weighted by Gasteiger charge is -2.27. The van der Waals surface area contributed by atoms with Gasteiger partial charge in [-0.3, -0.25) is 9.59 Å². The molecule has 0 aromatic heterocycles. The summed E-state index contributed by atoms with van der Waals surface area (Å²) < 4.78 is 0. The molecule has 0 aliphatic carbocycles. The third-order valence-corrected chi connectivity index (χ3v) is 3.78. The Hall–Kier alpha value is -2.30. The highest BCUT2D eigenvalue weighted by atomic mass is 16.2. The molecule has 1 aromatic rings. The van der Waals surface area contributed by atoms with Crippen molar-refractivity contribution >= 4 is 17.5 Å². The number of benzene rings is 1. The van der Waals surface area contributed by atoms with Crippen LogP contribution in [0.4, 0.5) is 5.69 Å². The fourth-order valence-corrected chi connectivity index (χ4v) is 2.81. The summed E-state index contributed by atoms with van der Waals surface area (Å²) in [4.78, 5) is 26.2. The van der Waals surface area contributed by atoms with Crippen LogP contribution in [0.5, 0.6) is 0 Å². The van der Waals surface area contributed by atoms with Gasteiger partial charge in [-0.25, -0.2) is 0 Å². The summed E-state index contributed by atoms with van der Waals surface area (Å²) in [6, 6.07) is 5.74. The van der Waals surface area contributed by atoms with Gasteiger partial charge in [0.25, 0.3) is 5.91 Å². The molecule has 2 aliphatic heterocycles. The molecule has 5 heteroatoms. The zero-order valence-corrected chi connectivity index (χ0v) is 12.2. The molecule has 1 unspecified atom stereocenters. The molecule has 110 valence electrons. The Kier molecular flexibility index (Phi) is 3.41. The van der Waals surface area contributed by atoms with E-state index in [0.717, 1.165) is 11.3 Å². The number of rotatable bonds is 3. The van der Waals surface area contributed by atoms with Gasteiger partial charge in [0.1, 0.15) is 6.04 Å². The second-order valence-corrected chi connectivity index (χ2v) is 5.77. The van der Waals surface area contributed by atoms with Crippen molar-refractivity contribution < 1.29 is 9.59 Å². The Labute approximate surface area is 124 Å². The van der Waals surface area contributed by atoms with Crippen LogP contribution >= 0.6 is 0 Å². The Morgan fingerprint density at radius 1 is 1.33 bits per heavy atom. The van der Waals surface area contributed by atoms with Crippen molar-refractivity contribution in [2.45, 2.75) is 38.9 Å². The van der Waals surface area contributed by atoms with Crippen LogP contribution in [0.3, 0.4) is 0 Å². The van der Waals surface area contributed by atoms with Gasteiger partial charge in [0.05, 0.1) is 0 Å². The first-order valence-corrected chi connectivity index (χ1v) is 7.22. The van der Waals surface area contributed by atoms with Gasteiger partial charge in [-0.15, -0.1) is 0 Å². The summed E-state index contributed by atoms with van der Waals surface area (Å²) in [7, 11) is 0. The molecule has 5 nitrogen and oxygen atoms in total. The van der Waals surface area contributed by atoms with Gasteiger partial charge in [-0.05, 0) is 44.2 Å². The highest BCUT2D eigenvalue weighted by molar-refractivity contribution is 6.02. The second kappa shape index (κ2) is 5.24. The third-order valence-electron chi connectivity index (χ3n) is 3.78. The van der Waals surface area contributed by atoms with E-state index < -0.39 is 6.04 Å². The van der Waals surface area contributed by atoms with E-state index in [-0.39, 0.29) is 11.8 Å². The molecular weight excluding hydrogens is 266 g/mol. The number of carbonyl (C=O) groups excluding carboxylic acids is 2. The van der Waals surface area contributed by atoms with Crippen molar-refractivity contribution in [2.75, 3.05) is 5.32 Å². The Morgan fingerprint density at radius 2 is 2.14 bits per heavy atom. The van der Waals surface area contributed by atoms with Crippen molar-refractivity contribution in [3.8, 4) is 0 Å². The van der Waals surface area contributed by atoms with Gasteiger partial charge < -0.3 is 15.5 Å². The molecule has 0 fully saturated rings. The van der Waals surface area contributed by atoms with Crippen molar-refractivity contribution in [1.29, 1.82) is 0 Å². The first-order chi connectivity index (χ1) is 10.1. The van der Waals surface area contributed by atoms with Crippen molar-refractivity contribution in [3.05, 3.63) is 41.6 Å². The smallest absolute Gasteiger partial charge is 0.255 e. The maximum absolute atomic E-state index is 12.6. The predicted molar refractivity (Wildman–Crippen MR) is 80.8 cm³/mol. The van der Waals surface area contributed by atoms with E-state index >= 15 is 0 Å². The number of nitrogens with zero attached hydrogens (tertiary/aromatic N) is 1. The maximum atomic E-state index is 12.6. The Bertz CT molecular complexity index is 622. The summed E-state index contributed by atoms with van der Waals surface area (Å²) in [6.07, 6.45) is 4.09. The van der Waals surface area contributed by atoms with E-state index in [1.165, 1.54) is 0 Å². The average molecular weight is 285 g/mol. The van der Waals surface area contributed by atoms with E-state index in [4.69, 9.17) is 0 Å². The van der Waals surface area contributed by atoms with Crippen LogP contribution in [0.15, 0.2) is 30.5 Å². The number of amides is 2. The van der Waals surface area contributed by atoms with Crippen LogP contribution < -0.4 is 10.6 Å². The first kappa shape index (κ1) is 13.7. The third kappa shape index (κ3) is 2.51. The highest BCUT2D eigenvalue weighted by Crippen LogP contribution is 2.29. The van der Waals surface area contributed by atoms with E-state index in [9.17, 15) is 9.59 Å². The number of fused-ring (bicyclic) bond motifs is 1. The van der Waals surface area contributed by atoms with E-state index in [1.807, 2.05) is 24.3 Å². The normalized spacial score (nSPS) is 20.7. The molecule has 0 saturated heterocycles. The predicted octanol–water partition coefficient (Wildman–Crippen LogP) is 1.86. The topological polar surface area (TPSA) is 61.4 Å². The van der Waals surface area contributed by atoms with Crippen molar-refractivity contribution in [3.63, 3.8) is 0 Å². The second-order valence-electron chi connectivity index (χ2n) is 5.77. The summed E-state index contributed by atoms with van der Waals surface area (Å²) in [5.74, 6) is -0.174. The lowest BCUT2D eigenvalue weighted by molar-refractivity contribution is -0.125. The molecule has 0 bridgehead atoms. The molecule has 2 heterocycles. The number of carbonyl (C=O) groups is 2. The largest absolute Gasteiger partial charge is 0.383 e. The molecule has 0 radical (unpaired) electrons. The molecule has 2 N–H and O–H groups in total. The molecule has 3 rings (SSSR count). The minimum atomic E-state index is -0.406. The summed E-state index contributed by atoms with van der Waals surface area (Å²) in [5.41, 5.74) is 2.62. The van der Waals surface area contributed by atoms with Gasteiger partial charge in [0, 0.05) is 23.8 Å². The molecular formula is C16H19N3O2. The van der Waals surface area contributed by atoms with Crippen LogP contribution in [0.2, 0.25) is 0 Å². The van der Waals surface area contributed by atoms with Crippen molar-refractivity contribution in [1.82, 2.24) is 10.2 Å². The minimum absolute atomic E-state index is 0.0622. The van der Waals surface area contributed by atoms with Gasteiger partial charge in [0.2, 0.25) is 5.91 Å². The van der Waals surface area contributed by atoms with Crippen LogP contribution in [0, 0.1) is 0 Å². The van der Waals surface area contributed by atoms with Crippen LogP contribution in [0.1, 0.15) is 36.2 Å². The highest BCUT2D eigenvalue weighted by Gasteiger charge is 2.36. The van der Waals surface area contributed by atoms with E-state index in [0.29, 0.717) is 24.6 Å². The Morgan fingerprint density at radius 3 is 2.86 bits per heavy atom. The number of hydrogen-bond donors (Lipinski definition) is 2. The molecule has 2 aliphatic rings. The van der Waals surface area contributed by atoms with Gasteiger partial charge in [0.15, 0.2) is 0 Å². The average Bonchev–Trinajstić information content (AvgIpc) is 2.76. The first-order valence-electron chi connectivity index (χ1n) is 7.22. The van der Waals surface area contributed by atoms with Gasteiger partial charge >= 0.3 is 0 Å². The quantitative estimate of drug-likeness (QED) is 0.891. The fourth-order valence-electron chi connectivity index (χ4n) is 2.81. The van der Waals surface area contributed by atoms with Crippen molar-refractivity contribution in [2.24, 2.45) is 0 Å². The summed E-state index contributed by atoms with van der Waals surface area (Å²) >= 11 is 0. The number of nitrogens with one attached hydrogen (secondary N) is 2. The van der Waals surface area contributed by atoms with Gasteiger partial charge in [-0.2, -0.15) is 0 Å². The van der Waals surface area contributed by atoms with E-state index in [1.54, 1.807) is 11.1 Å². The fraction of sp³-hybridized carbons (Fsp3) is 0.375. The zero-order chi connectivity index (χ0) is 15.0. The number of hydrogen-bond acceptors (Lipinski definition) is 3. The number of anilines is 1. The molecule has 1 atom stereocenters. The molecule has 0 spiro atoms. The summed E-state index contributed by atoms with van der Waals surface area (Å²) in [6.45, 7) is 4.61. The molecule has 1 aromatic carbocycles. The lowest BCUT2D eigenvalue weighted by atomic mass is 10.1. The van der Waals surface area contributed by atoms with Crippen LogP contribution in [0.25, 0.3) is 0 Å². The maximum Gasteiger partial charge on any atom is 0.255 e.